The van der Waals surface area contributed by atoms with Gasteiger partial charge in [0.1, 0.15) is 23.9 Å². The Morgan fingerprint density at radius 2 is 1.75 bits per heavy atom. The third kappa shape index (κ3) is 7.28. The number of nitrogens with one attached hydrogen (secondary N) is 1. The molecule has 0 bridgehead atoms. The molecule has 0 spiro atoms. The van der Waals surface area contributed by atoms with E-state index in [1.165, 1.54) is 30.9 Å². The van der Waals surface area contributed by atoms with Crippen molar-refractivity contribution < 1.29 is 18.7 Å². The maximum Gasteiger partial charge on any atom is 0.302 e. The molecule has 3 aromatic heterocycles. The van der Waals surface area contributed by atoms with Crippen molar-refractivity contribution in [1.82, 2.24) is 29.4 Å². The minimum absolute atomic E-state index is 0.0824. The van der Waals surface area contributed by atoms with E-state index in [-0.39, 0.29) is 40.6 Å². The van der Waals surface area contributed by atoms with Crippen LogP contribution >= 0.6 is 0 Å². The van der Waals surface area contributed by atoms with Gasteiger partial charge in [0, 0.05) is 56.7 Å². The van der Waals surface area contributed by atoms with Crippen molar-refractivity contribution in [2.24, 2.45) is 7.05 Å². The Hall–Kier alpha value is -5.72. The van der Waals surface area contributed by atoms with Crippen LogP contribution in [0, 0.1) is 5.82 Å². The number of ether oxygens (including phenoxy) is 1. The van der Waals surface area contributed by atoms with Crippen molar-refractivity contribution in [2.75, 3.05) is 18.4 Å². The lowest BCUT2D eigenvalue weighted by Gasteiger charge is -2.31. The van der Waals surface area contributed by atoms with Crippen LogP contribution in [0.2, 0.25) is 0 Å². The molecule has 0 aliphatic carbocycles. The van der Waals surface area contributed by atoms with Gasteiger partial charge in [-0.25, -0.2) is 14.1 Å². The molecule has 1 aliphatic heterocycles. The summed E-state index contributed by atoms with van der Waals surface area (Å²) < 4.78 is 23.2. The summed E-state index contributed by atoms with van der Waals surface area (Å²) in [5, 5.41) is 12.3. The molecule has 12 nitrogen and oxygen atoms in total. The molecule has 4 heterocycles. The first-order valence-electron chi connectivity index (χ1n) is 16.8. The van der Waals surface area contributed by atoms with Crippen molar-refractivity contribution in [3.05, 3.63) is 104 Å². The number of pyridine rings is 1. The highest BCUT2D eigenvalue weighted by atomic mass is 19.1. The number of nitrogens with zero attached hydrogens (tertiary/aromatic N) is 6. The number of hydrogen-bond acceptors (Lipinski definition) is 9. The van der Waals surface area contributed by atoms with E-state index >= 15 is 4.39 Å². The molecule has 6 rings (SSSR count). The predicted octanol–water partition coefficient (Wildman–Crippen LogP) is 5.51. The Kier molecular flexibility index (Phi) is 9.56. The molecule has 1 saturated heterocycles. The minimum Gasteiger partial charge on any atom is -0.461 e. The number of carbonyl (C=O) groups excluding carboxylic acids is 2. The molecule has 13 heteroatoms. The molecule has 1 N–H and O–H groups in total. The van der Waals surface area contributed by atoms with Crippen molar-refractivity contribution in [2.45, 2.75) is 65.4 Å². The standard InChI is InChI=1S/C38H40FN7O5/c1-22(47)45-14-12-24(13-15-45)25-10-11-34(40-19-25)42-32-18-31(43-44(6)36(32)49)28-8-7-9-33(29(28)21-51-23(2)48)46-37(50)35-26(20-41-46)16-27(17-30(35)39)38(3,4)5/h7-11,16-20,24H,12-15,21H2,1-6H3,(H,40,42). The first kappa shape index (κ1) is 35.1. The van der Waals surface area contributed by atoms with Crippen LogP contribution in [0.1, 0.15) is 70.1 Å². The maximum absolute atomic E-state index is 15.5. The maximum atomic E-state index is 15.5. The lowest BCUT2D eigenvalue weighted by molar-refractivity contribution is -0.142. The fourth-order valence-corrected chi connectivity index (χ4v) is 6.39. The normalized spacial score (nSPS) is 13.7. The van der Waals surface area contributed by atoms with Gasteiger partial charge in [-0.05, 0) is 65.6 Å². The zero-order chi connectivity index (χ0) is 36.6. The van der Waals surface area contributed by atoms with E-state index < -0.39 is 22.9 Å². The second kappa shape index (κ2) is 13.9. The van der Waals surface area contributed by atoms with Crippen molar-refractivity contribution in [3.63, 3.8) is 0 Å². The molecule has 1 aliphatic rings. The first-order valence-corrected chi connectivity index (χ1v) is 16.8. The molecule has 5 aromatic rings. The molecule has 2 aromatic carbocycles. The predicted molar refractivity (Wildman–Crippen MR) is 192 cm³/mol. The van der Waals surface area contributed by atoms with Crippen molar-refractivity contribution in [3.8, 4) is 16.9 Å². The first-order chi connectivity index (χ1) is 24.2. The van der Waals surface area contributed by atoms with Gasteiger partial charge in [-0.2, -0.15) is 14.9 Å². The quantitative estimate of drug-likeness (QED) is 0.219. The van der Waals surface area contributed by atoms with E-state index in [0.717, 1.165) is 28.7 Å². The number of aryl methyl sites for hydroxylation is 1. The van der Waals surface area contributed by atoms with E-state index in [4.69, 9.17) is 4.74 Å². The van der Waals surface area contributed by atoms with Crippen molar-refractivity contribution in [1.29, 1.82) is 0 Å². The van der Waals surface area contributed by atoms with Crippen LogP contribution in [0.15, 0.2) is 70.5 Å². The monoisotopic (exact) mass is 693 g/mol. The van der Waals surface area contributed by atoms with E-state index in [9.17, 15) is 19.2 Å². The number of hydrogen-bond donors (Lipinski definition) is 1. The number of rotatable bonds is 7. The van der Waals surface area contributed by atoms with Gasteiger partial charge in [-0.3, -0.25) is 19.2 Å². The SMILES string of the molecule is CC(=O)OCc1c(-c2cc(Nc3ccc(C4CCN(C(C)=O)CC4)cn3)c(=O)n(C)n2)cccc1-n1ncc2cc(C(C)(C)C)cc(F)c2c1=O. The number of carbonyl (C=O) groups is 2. The summed E-state index contributed by atoms with van der Waals surface area (Å²) in [5.41, 5.74) is 1.99. The lowest BCUT2D eigenvalue weighted by atomic mass is 9.86. The average Bonchev–Trinajstić information content (AvgIpc) is 3.09. The van der Waals surface area contributed by atoms with Crippen molar-refractivity contribution >= 4 is 34.2 Å². The molecule has 0 radical (unpaired) electrons. The molecule has 0 saturated carbocycles. The number of esters is 1. The Balaban J connectivity index is 1.37. The number of likely N-dealkylation sites (tertiary alicyclic amines) is 1. The van der Waals surface area contributed by atoms with E-state index in [1.807, 2.05) is 31.7 Å². The van der Waals surface area contributed by atoms with Gasteiger partial charge in [-0.1, -0.05) is 39.0 Å². The Morgan fingerprint density at radius 3 is 2.39 bits per heavy atom. The molecule has 264 valence electrons. The zero-order valence-electron chi connectivity index (χ0n) is 29.5. The van der Waals surface area contributed by atoms with E-state index in [2.05, 4.69) is 20.5 Å². The van der Waals surface area contributed by atoms with Gasteiger partial charge in [-0.15, -0.1) is 0 Å². The van der Waals surface area contributed by atoms with Gasteiger partial charge in [0.15, 0.2) is 0 Å². The molecule has 0 atom stereocenters. The van der Waals surface area contributed by atoms with Crippen LogP contribution in [0.3, 0.4) is 0 Å². The fraction of sp³-hybridized carbons (Fsp3) is 0.342. The molecule has 51 heavy (non-hydrogen) atoms. The van der Waals surface area contributed by atoms with Gasteiger partial charge >= 0.3 is 5.97 Å². The average molecular weight is 694 g/mol. The number of halogens is 1. The molecular formula is C38H40FN7O5. The van der Waals surface area contributed by atoms with E-state index in [0.29, 0.717) is 41.1 Å². The molecule has 1 amide bonds. The Labute approximate surface area is 293 Å². The summed E-state index contributed by atoms with van der Waals surface area (Å²) in [4.78, 5) is 57.2. The highest BCUT2D eigenvalue weighted by Crippen LogP contribution is 2.32. The largest absolute Gasteiger partial charge is 0.461 e. The Bertz CT molecular complexity index is 2270. The van der Waals surface area contributed by atoms with Crippen LogP contribution in [-0.2, 0) is 33.4 Å². The van der Waals surface area contributed by atoms with Gasteiger partial charge < -0.3 is 15.0 Å². The second-order valence-corrected chi connectivity index (χ2v) is 13.9. The number of fused-ring (bicyclic) bond motifs is 1. The highest BCUT2D eigenvalue weighted by Gasteiger charge is 2.24. The molecule has 1 fully saturated rings. The lowest BCUT2D eigenvalue weighted by Crippen LogP contribution is -2.36. The van der Waals surface area contributed by atoms with Gasteiger partial charge in [0.05, 0.1) is 23.0 Å². The summed E-state index contributed by atoms with van der Waals surface area (Å²) in [7, 11) is 1.51. The zero-order valence-corrected chi connectivity index (χ0v) is 29.5. The topological polar surface area (TPSA) is 141 Å². The van der Waals surface area contributed by atoms with Crippen LogP contribution < -0.4 is 16.4 Å². The molecule has 0 unspecified atom stereocenters. The van der Waals surface area contributed by atoms with Crippen LogP contribution in [-0.4, -0.2) is 54.4 Å². The van der Waals surface area contributed by atoms with Gasteiger partial charge in [0.2, 0.25) is 5.91 Å². The van der Waals surface area contributed by atoms with Crippen LogP contribution in [0.25, 0.3) is 27.7 Å². The highest BCUT2D eigenvalue weighted by molar-refractivity contribution is 5.83. The number of benzene rings is 2. The number of anilines is 2. The number of piperidine rings is 1. The third-order valence-corrected chi connectivity index (χ3v) is 9.30. The Morgan fingerprint density at radius 1 is 1.00 bits per heavy atom. The fourth-order valence-electron chi connectivity index (χ4n) is 6.39. The number of aromatic nitrogens is 5. The second-order valence-electron chi connectivity index (χ2n) is 13.9. The van der Waals surface area contributed by atoms with Crippen LogP contribution in [0.5, 0.6) is 0 Å². The molecular weight excluding hydrogens is 653 g/mol. The summed E-state index contributed by atoms with van der Waals surface area (Å²) in [6.07, 6.45) is 4.93. The smallest absolute Gasteiger partial charge is 0.302 e. The number of amides is 1. The summed E-state index contributed by atoms with van der Waals surface area (Å²) in [5.74, 6) is -0.394. The summed E-state index contributed by atoms with van der Waals surface area (Å²) in [6.45, 7) is 9.89. The third-order valence-electron chi connectivity index (χ3n) is 9.30. The summed E-state index contributed by atoms with van der Waals surface area (Å²) >= 11 is 0. The van der Waals surface area contributed by atoms with E-state index in [1.54, 1.807) is 49.5 Å². The van der Waals surface area contributed by atoms with Crippen LogP contribution in [0.4, 0.5) is 15.9 Å². The minimum atomic E-state index is -0.679. The van der Waals surface area contributed by atoms with Gasteiger partial charge in [0.25, 0.3) is 11.1 Å². The summed E-state index contributed by atoms with van der Waals surface area (Å²) in [6, 6.07) is 13.5.